The molecule has 112 valence electrons. The second kappa shape index (κ2) is 8.12. The lowest BCUT2D eigenvalue weighted by Gasteiger charge is -2.20. The quantitative estimate of drug-likeness (QED) is 0.866. The fourth-order valence-corrected chi connectivity index (χ4v) is 2.45. The predicted molar refractivity (Wildman–Crippen MR) is 85.5 cm³/mol. The molecule has 4 nitrogen and oxygen atoms in total. The van der Waals surface area contributed by atoms with E-state index in [0.29, 0.717) is 12.5 Å². The lowest BCUT2D eigenvalue weighted by atomic mass is 9.97. The molecule has 0 unspecified atom stereocenters. The molecule has 0 radical (unpaired) electrons. The third-order valence-corrected chi connectivity index (χ3v) is 3.80. The molecule has 1 amide bonds. The number of benzene rings is 1. The molecule has 0 saturated carbocycles. The van der Waals surface area contributed by atoms with Gasteiger partial charge in [-0.1, -0.05) is 25.1 Å². The minimum Gasteiger partial charge on any atom is -0.373 e. The lowest BCUT2D eigenvalue weighted by molar-refractivity contribution is -0.125. The van der Waals surface area contributed by atoms with Crippen molar-refractivity contribution in [2.24, 2.45) is 11.8 Å². The molecule has 0 aliphatic carbocycles. The van der Waals surface area contributed by atoms with Gasteiger partial charge in [-0.15, -0.1) is 12.4 Å². The van der Waals surface area contributed by atoms with Crippen LogP contribution < -0.4 is 15.5 Å². The zero-order valence-corrected chi connectivity index (χ0v) is 13.0. The molecule has 0 spiro atoms. The number of amides is 1. The number of carbonyl (C=O) groups excluding carboxylic acids is 1. The highest BCUT2D eigenvalue weighted by Crippen LogP contribution is 2.15. The third-order valence-electron chi connectivity index (χ3n) is 3.80. The van der Waals surface area contributed by atoms with Gasteiger partial charge in [0.05, 0.1) is 5.92 Å². The van der Waals surface area contributed by atoms with Gasteiger partial charge in [0.2, 0.25) is 5.91 Å². The largest absolute Gasteiger partial charge is 0.373 e. The summed E-state index contributed by atoms with van der Waals surface area (Å²) < 4.78 is 0. The number of rotatable bonds is 5. The maximum atomic E-state index is 12.0. The number of likely N-dealkylation sites (N-methyl/N-ethyl adjacent to an activating group) is 1. The number of hydrogen-bond acceptors (Lipinski definition) is 3. The topological polar surface area (TPSA) is 44.4 Å². The molecule has 5 heteroatoms. The van der Waals surface area contributed by atoms with Crippen LogP contribution in [0.15, 0.2) is 30.3 Å². The van der Waals surface area contributed by atoms with E-state index in [4.69, 9.17) is 0 Å². The van der Waals surface area contributed by atoms with E-state index >= 15 is 0 Å². The highest BCUT2D eigenvalue weighted by atomic mass is 35.5. The Morgan fingerprint density at radius 2 is 2.05 bits per heavy atom. The Hall–Kier alpha value is -1.26. The molecule has 2 N–H and O–H groups in total. The number of para-hydroxylation sites is 1. The molecule has 1 heterocycles. The maximum Gasteiger partial charge on any atom is 0.224 e. The molecule has 1 aliphatic heterocycles. The lowest BCUT2D eigenvalue weighted by Crippen LogP contribution is -2.38. The molecule has 1 fully saturated rings. The van der Waals surface area contributed by atoms with Crippen LogP contribution in [0.5, 0.6) is 0 Å². The average molecular weight is 298 g/mol. The predicted octanol–water partition coefficient (Wildman–Crippen LogP) is 1.52. The third kappa shape index (κ3) is 4.39. The molecular weight excluding hydrogens is 274 g/mol. The monoisotopic (exact) mass is 297 g/mol. The number of anilines is 1. The molecule has 0 bridgehead atoms. The Morgan fingerprint density at radius 1 is 1.35 bits per heavy atom. The fraction of sp³-hybridized carbons (Fsp3) is 0.533. The van der Waals surface area contributed by atoms with Crippen molar-refractivity contribution in [2.75, 3.05) is 38.1 Å². The van der Waals surface area contributed by atoms with Crippen LogP contribution in [-0.4, -0.2) is 39.1 Å². The van der Waals surface area contributed by atoms with Gasteiger partial charge in [-0.3, -0.25) is 4.79 Å². The van der Waals surface area contributed by atoms with Crippen LogP contribution >= 0.6 is 12.4 Å². The summed E-state index contributed by atoms with van der Waals surface area (Å²) in [6.45, 7) is 5.39. The first-order valence-electron chi connectivity index (χ1n) is 6.93. The van der Waals surface area contributed by atoms with Crippen LogP contribution in [0, 0.1) is 11.8 Å². The number of hydrogen-bond donors (Lipinski definition) is 2. The van der Waals surface area contributed by atoms with Crippen molar-refractivity contribution in [3.63, 3.8) is 0 Å². The minimum atomic E-state index is 0. The van der Waals surface area contributed by atoms with Gasteiger partial charge in [0.1, 0.15) is 0 Å². The summed E-state index contributed by atoms with van der Waals surface area (Å²) in [5, 5.41) is 6.29. The summed E-state index contributed by atoms with van der Waals surface area (Å²) >= 11 is 0. The van der Waals surface area contributed by atoms with E-state index in [1.54, 1.807) is 0 Å². The molecule has 2 rings (SSSR count). The molecule has 1 aliphatic rings. The summed E-state index contributed by atoms with van der Waals surface area (Å²) in [6, 6.07) is 10.2. The first-order valence-corrected chi connectivity index (χ1v) is 6.93. The number of carbonyl (C=O) groups is 1. The van der Waals surface area contributed by atoms with Gasteiger partial charge in [-0.05, 0) is 24.6 Å². The second-order valence-corrected chi connectivity index (χ2v) is 5.29. The Kier molecular flexibility index (Phi) is 6.82. The van der Waals surface area contributed by atoms with Crippen LogP contribution in [0.4, 0.5) is 5.69 Å². The van der Waals surface area contributed by atoms with E-state index in [1.165, 1.54) is 5.69 Å². The Labute approximate surface area is 127 Å². The van der Waals surface area contributed by atoms with Crippen molar-refractivity contribution >= 4 is 24.0 Å². The van der Waals surface area contributed by atoms with Crippen LogP contribution in [0.1, 0.15) is 6.92 Å². The van der Waals surface area contributed by atoms with Gasteiger partial charge in [0.15, 0.2) is 0 Å². The zero-order valence-electron chi connectivity index (χ0n) is 12.1. The van der Waals surface area contributed by atoms with E-state index < -0.39 is 0 Å². The van der Waals surface area contributed by atoms with Crippen LogP contribution in [-0.2, 0) is 4.79 Å². The van der Waals surface area contributed by atoms with Crippen molar-refractivity contribution in [3.05, 3.63) is 30.3 Å². The van der Waals surface area contributed by atoms with Gasteiger partial charge >= 0.3 is 0 Å². The molecule has 1 saturated heterocycles. The normalized spacial score (nSPS) is 21.1. The summed E-state index contributed by atoms with van der Waals surface area (Å²) in [4.78, 5) is 14.2. The van der Waals surface area contributed by atoms with Gasteiger partial charge in [-0.2, -0.15) is 0 Å². The van der Waals surface area contributed by atoms with Crippen molar-refractivity contribution in [1.82, 2.24) is 10.6 Å². The van der Waals surface area contributed by atoms with Crippen LogP contribution in [0.25, 0.3) is 0 Å². The minimum absolute atomic E-state index is 0. The highest BCUT2D eigenvalue weighted by Gasteiger charge is 2.29. The smallest absolute Gasteiger partial charge is 0.224 e. The molecular formula is C15H24ClN3O. The summed E-state index contributed by atoms with van der Waals surface area (Å²) in [5.74, 6) is 0.743. The molecule has 0 aromatic heterocycles. The highest BCUT2D eigenvalue weighted by molar-refractivity contribution is 5.85. The first kappa shape index (κ1) is 16.8. The van der Waals surface area contributed by atoms with E-state index in [2.05, 4.69) is 34.6 Å². The zero-order chi connectivity index (χ0) is 13.7. The molecule has 1 aromatic rings. The summed E-state index contributed by atoms with van der Waals surface area (Å²) in [5.41, 5.74) is 1.17. The molecule has 20 heavy (non-hydrogen) atoms. The Balaban J connectivity index is 0.00000200. The average Bonchev–Trinajstić information content (AvgIpc) is 2.86. The Morgan fingerprint density at radius 3 is 2.65 bits per heavy atom. The van der Waals surface area contributed by atoms with Gasteiger partial charge in [0.25, 0.3) is 0 Å². The van der Waals surface area contributed by atoms with Gasteiger partial charge in [0, 0.05) is 32.4 Å². The van der Waals surface area contributed by atoms with E-state index in [9.17, 15) is 4.79 Å². The van der Waals surface area contributed by atoms with E-state index in [0.717, 1.165) is 19.6 Å². The standard InChI is InChI=1S/C15H23N3O.ClH/c1-12-10-16-11-14(12)15(19)17-8-9-18(2)13-6-4-3-5-7-13;/h3-7,12,14,16H,8-11H2,1-2H3,(H,17,19);1H/t12-,14-;/m1./s1. The second-order valence-electron chi connectivity index (χ2n) is 5.29. The SMILES string of the molecule is C[C@@H]1CNC[C@H]1C(=O)NCCN(C)c1ccccc1.Cl. The van der Waals surface area contributed by atoms with Gasteiger partial charge in [-0.25, -0.2) is 0 Å². The van der Waals surface area contributed by atoms with Crippen LogP contribution in [0.3, 0.4) is 0 Å². The van der Waals surface area contributed by atoms with Crippen LogP contribution in [0.2, 0.25) is 0 Å². The molecule has 1 aromatic carbocycles. The summed E-state index contributed by atoms with van der Waals surface area (Å²) in [6.07, 6.45) is 0. The number of nitrogens with one attached hydrogen (secondary N) is 2. The first-order chi connectivity index (χ1) is 9.18. The maximum absolute atomic E-state index is 12.0. The molecule has 2 atom stereocenters. The van der Waals surface area contributed by atoms with Crippen molar-refractivity contribution in [2.45, 2.75) is 6.92 Å². The van der Waals surface area contributed by atoms with E-state index in [1.807, 2.05) is 25.2 Å². The van der Waals surface area contributed by atoms with Gasteiger partial charge < -0.3 is 15.5 Å². The fourth-order valence-electron chi connectivity index (χ4n) is 2.45. The Bertz CT molecular complexity index is 413. The summed E-state index contributed by atoms with van der Waals surface area (Å²) in [7, 11) is 2.04. The van der Waals surface area contributed by atoms with Crippen molar-refractivity contribution in [1.29, 1.82) is 0 Å². The number of nitrogens with zero attached hydrogens (tertiary/aromatic N) is 1. The van der Waals surface area contributed by atoms with Crippen molar-refractivity contribution < 1.29 is 4.79 Å². The van der Waals surface area contributed by atoms with Crippen molar-refractivity contribution in [3.8, 4) is 0 Å². The van der Waals surface area contributed by atoms with E-state index in [-0.39, 0.29) is 24.2 Å². The number of halogens is 1.